The van der Waals surface area contributed by atoms with Crippen molar-refractivity contribution in [1.82, 2.24) is 9.55 Å². The SMILES string of the molecule is Cc1[c-]ccc2c1-n1c(nc3c1-c1c(cc[c]([AlH2])c1C)C3)C2.[Bk]. The van der Waals surface area contributed by atoms with E-state index in [-0.39, 0.29) is 0 Å². The fraction of sp³-hybridized carbons (Fsp3) is 0.211. The van der Waals surface area contributed by atoms with Gasteiger partial charge in [-0.2, -0.15) is 18.2 Å². The van der Waals surface area contributed by atoms with E-state index in [2.05, 4.69) is 42.7 Å². The number of rotatable bonds is 0. The molecule has 0 bridgehead atoms. The molecule has 2 aliphatic rings. The predicted molar refractivity (Wildman–Crippen MR) is 91.1 cm³/mol. The van der Waals surface area contributed by atoms with E-state index in [1.165, 1.54) is 55.1 Å². The minimum absolute atomic E-state index is 0. The van der Waals surface area contributed by atoms with Crippen molar-refractivity contribution < 1.29 is 0 Å². The van der Waals surface area contributed by atoms with Gasteiger partial charge in [0, 0.05) is 18.4 Å². The van der Waals surface area contributed by atoms with Crippen LogP contribution in [0.4, 0.5) is 0 Å². The molecule has 0 unspecified atom stereocenters. The van der Waals surface area contributed by atoms with Gasteiger partial charge in [0.25, 0.3) is 16.3 Å². The van der Waals surface area contributed by atoms with Gasteiger partial charge >= 0.3 is 0 Å². The monoisotopic (exact) mass is 546 g/mol. The van der Waals surface area contributed by atoms with Gasteiger partial charge in [-0.15, -0.1) is 15.6 Å². The Kier molecular flexibility index (Phi) is 2.61. The van der Waals surface area contributed by atoms with Gasteiger partial charge in [-0.1, -0.05) is 30.3 Å². The van der Waals surface area contributed by atoms with Gasteiger partial charge in [0.2, 0.25) is 0 Å². The minimum Gasteiger partial charge on any atom is -0.351 e. The molecule has 0 N–H and O–H groups in total. The van der Waals surface area contributed by atoms with Crippen LogP contribution in [0.15, 0.2) is 24.3 Å². The zero-order valence-corrected chi connectivity index (χ0v) is 18.2. The third-order valence-electron chi connectivity index (χ3n) is 5.25. The first-order chi connectivity index (χ1) is 10.6. The van der Waals surface area contributed by atoms with E-state index in [1.807, 2.05) is 6.07 Å². The summed E-state index contributed by atoms with van der Waals surface area (Å²) < 4.78 is 3.91. The van der Waals surface area contributed by atoms with Crippen LogP contribution >= 0.6 is 0 Å². The van der Waals surface area contributed by atoms with Crippen molar-refractivity contribution in [3.63, 3.8) is 0 Å². The third-order valence-corrected chi connectivity index (χ3v) is 6.34. The van der Waals surface area contributed by atoms with Crippen LogP contribution in [-0.2, 0) is 12.8 Å². The first-order valence-corrected chi connectivity index (χ1v) is 8.85. The summed E-state index contributed by atoms with van der Waals surface area (Å²) in [5.41, 5.74) is 10.9. The van der Waals surface area contributed by atoms with E-state index in [4.69, 9.17) is 4.98 Å². The number of aryl methyl sites for hydroxylation is 1. The molecule has 1 radical (unpaired) electrons. The zero-order valence-electron chi connectivity index (χ0n) is 13.5. The molecule has 23 heavy (non-hydrogen) atoms. The van der Waals surface area contributed by atoms with Gasteiger partial charge in [-0.05, 0) is 12.5 Å². The second kappa shape index (κ2) is 4.35. The van der Waals surface area contributed by atoms with E-state index < -0.39 is 0 Å². The molecule has 0 saturated carbocycles. The van der Waals surface area contributed by atoms with E-state index in [0.29, 0.717) is 0 Å². The number of nitrogens with zero attached hydrogens (tertiary/aromatic N) is 2. The predicted octanol–water partition coefficient (Wildman–Crippen LogP) is 2.02. The molecule has 1 aliphatic heterocycles. The molecule has 0 spiro atoms. The molecule has 0 fully saturated rings. The summed E-state index contributed by atoms with van der Waals surface area (Å²) in [7, 11) is 0. The standard InChI is InChI=1S/C19H14N2.Al.Bk.2H/c1-11-5-3-7-13-9-15-19(17(11)13)21-16(20-15)10-14-8-4-6-12(2)18(14)21;;;;/h3-4,7-8H,9-10H2,1-2H3;;;;/q-1;;;;. The Labute approximate surface area is 138 Å². The number of hydrogen-bond acceptors (Lipinski definition) is 1. The maximum atomic E-state index is 4.97. The Morgan fingerprint density at radius 2 is 1.96 bits per heavy atom. The fourth-order valence-electron chi connectivity index (χ4n) is 4.06. The Bertz CT molecular complexity index is 972. The summed E-state index contributed by atoms with van der Waals surface area (Å²) in [6.07, 6.45) is 1.94. The first-order valence-electron chi connectivity index (χ1n) is 7.85. The third kappa shape index (κ3) is 1.56. The molecular weight excluding hydrogens is 530 g/mol. The molecule has 4 heteroatoms. The maximum Gasteiger partial charge on any atom is 0.259 e. The van der Waals surface area contributed by atoms with Crippen molar-refractivity contribution in [3.05, 3.63) is 64.1 Å². The van der Waals surface area contributed by atoms with Gasteiger partial charge in [-0.25, -0.2) is 4.98 Å². The summed E-state index contributed by atoms with van der Waals surface area (Å²) in [5, 5.41) is 0. The topological polar surface area (TPSA) is 17.8 Å². The summed E-state index contributed by atoms with van der Waals surface area (Å²) in [5.74, 6) is 1.20. The molecular formula is C19H16AlBkN2-. The quantitative estimate of drug-likeness (QED) is 0.215. The summed E-state index contributed by atoms with van der Waals surface area (Å²) in [6.45, 7) is 4.43. The van der Waals surface area contributed by atoms with E-state index in [9.17, 15) is 0 Å². The molecule has 115 valence electrons. The molecule has 1 aromatic heterocycles. The maximum absolute atomic E-state index is 4.97. The second-order valence-electron chi connectivity index (χ2n) is 6.53. The average Bonchev–Trinajstić information content (AvgIpc) is 3.10. The largest absolute Gasteiger partial charge is 0.351 e. The van der Waals surface area contributed by atoms with E-state index >= 15 is 0 Å². The van der Waals surface area contributed by atoms with Gasteiger partial charge in [0.15, 0.2) is 0 Å². The second-order valence-corrected chi connectivity index (χ2v) is 7.61. The zero-order chi connectivity index (χ0) is 15.0. The van der Waals surface area contributed by atoms with Crippen molar-refractivity contribution in [2.75, 3.05) is 0 Å². The van der Waals surface area contributed by atoms with Crippen molar-refractivity contribution >= 4 is 20.7 Å². The number of fused-ring (bicyclic) bond motifs is 7. The minimum atomic E-state index is 0. The van der Waals surface area contributed by atoms with Crippen LogP contribution < -0.4 is 4.43 Å². The van der Waals surface area contributed by atoms with Gasteiger partial charge in [0.1, 0.15) is 5.82 Å². The Morgan fingerprint density at radius 3 is 2.78 bits per heavy atom. The molecule has 3 aromatic rings. The molecule has 0 amide bonds. The molecule has 5 rings (SSSR count). The van der Waals surface area contributed by atoms with Crippen LogP contribution in [0.5, 0.6) is 0 Å². The number of hydrogen-bond donors (Lipinski definition) is 0. The number of imidazole rings is 1. The van der Waals surface area contributed by atoms with Gasteiger partial charge in [0.05, 0.1) is 11.4 Å². The van der Waals surface area contributed by atoms with Crippen LogP contribution in [-0.4, -0.2) is 25.8 Å². The average molecular weight is 546 g/mol. The van der Waals surface area contributed by atoms with Crippen molar-refractivity contribution in [3.8, 4) is 16.9 Å². The summed E-state index contributed by atoms with van der Waals surface area (Å²) in [6, 6.07) is 12.2. The van der Waals surface area contributed by atoms with E-state index in [0.717, 1.165) is 29.1 Å². The molecule has 2 heterocycles. The van der Waals surface area contributed by atoms with Crippen LogP contribution in [0.3, 0.4) is 0 Å². The summed E-state index contributed by atoms with van der Waals surface area (Å²) >= 11 is 1.10. The fourth-order valence-corrected chi connectivity index (χ4v) is 4.48. The van der Waals surface area contributed by atoms with Gasteiger partial charge < -0.3 is 4.57 Å². The van der Waals surface area contributed by atoms with Crippen molar-refractivity contribution in [2.24, 2.45) is 0 Å². The Hall–Kier alpha value is -2.82. The van der Waals surface area contributed by atoms with Crippen LogP contribution in [0.2, 0.25) is 0 Å². The van der Waals surface area contributed by atoms with Crippen LogP contribution in [0.1, 0.15) is 33.8 Å². The van der Waals surface area contributed by atoms with Crippen molar-refractivity contribution in [2.45, 2.75) is 26.7 Å². The first kappa shape index (κ1) is 13.8. The van der Waals surface area contributed by atoms with Crippen molar-refractivity contribution in [1.29, 1.82) is 0 Å². The van der Waals surface area contributed by atoms with Gasteiger partial charge in [-0.3, -0.25) is 0 Å². The Morgan fingerprint density at radius 1 is 1.13 bits per heavy atom. The Balaban J connectivity index is 0.00000135. The molecule has 2 aromatic carbocycles. The summed E-state index contributed by atoms with van der Waals surface area (Å²) in [4.78, 5) is 4.97. The normalized spacial score (nSPS) is 13.1. The molecule has 0 atom stereocenters. The molecule has 0 saturated heterocycles. The number of aromatic nitrogens is 2. The molecule has 1 aliphatic carbocycles. The molecule has 2 nitrogen and oxygen atoms in total. The smallest absolute Gasteiger partial charge is 0.259 e. The van der Waals surface area contributed by atoms with Crippen LogP contribution in [0.25, 0.3) is 16.9 Å². The number of benzene rings is 2. The van der Waals surface area contributed by atoms with Crippen LogP contribution in [0, 0.1) is 19.9 Å². The van der Waals surface area contributed by atoms with E-state index in [1.54, 1.807) is 0 Å².